The highest BCUT2D eigenvalue weighted by atomic mass is 16.4. The highest BCUT2D eigenvalue weighted by molar-refractivity contribution is 5.95. The van der Waals surface area contributed by atoms with Crippen molar-refractivity contribution in [3.8, 4) is 0 Å². The Balaban J connectivity index is 4.55. The maximum atomic E-state index is 10.2. The van der Waals surface area contributed by atoms with E-state index in [1.165, 1.54) is 6.92 Å². The number of carboxylic acids is 2. The predicted molar refractivity (Wildman–Crippen MR) is 28.4 cm³/mol. The second-order valence-corrected chi connectivity index (χ2v) is 2.26. The Bertz CT molecular complexity index is 147. The Morgan fingerprint density at radius 3 is 1.60 bits per heavy atom. The minimum Gasteiger partial charge on any atom is -0.549 e. The van der Waals surface area contributed by atoms with E-state index in [2.05, 4.69) is 0 Å². The molecule has 0 aliphatic heterocycles. The van der Waals surface area contributed by atoms with Gasteiger partial charge in [-0.25, -0.2) is 0 Å². The quantitative estimate of drug-likeness (QED) is 0.425. The molecular weight excluding hydrogens is 136 g/mol. The zero-order valence-corrected chi connectivity index (χ0v) is 5.84. The summed E-state index contributed by atoms with van der Waals surface area (Å²) < 4.78 is 0. The molecule has 0 saturated heterocycles. The maximum Gasteiger partial charge on any atom is 0.0529 e. The molecule has 0 aromatic heterocycles. The summed E-state index contributed by atoms with van der Waals surface area (Å²) in [5, 5.41) is 20.3. The monoisotopic (exact) mass is 144 g/mol. The number of rotatable bonds is 3. The van der Waals surface area contributed by atoms with Crippen LogP contribution in [0.4, 0.5) is 0 Å². The van der Waals surface area contributed by atoms with E-state index in [0.29, 0.717) is 0 Å². The fourth-order valence-corrected chi connectivity index (χ4v) is 0.372. The molecule has 0 aromatic carbocycles. The van der Waals surface area contributed by atoms with Crippen LogP contribution >= 0.6 is 0 Å². The number of hydrogen-bond donors (Lipinski definition) is 0. The van der Waals surface area contributed by atoms with Crippen LogP contribution in [0.3, 0.4) is 0 Å². The molecule has 0 spiro atoms. The topological polar surface area (TPSA) is 80.3 Å². The van der Waals surface area contributed by atoms with Gasteiger partial charge in [-0.3, -0.25) is 0 Å². The third-order valence-corrected chi connectivity index (χ3v) is 1.61. The van der Waals surface area contributed by atoms with Crippen molar-refractivity contribution >= 4 is 11.9 Å². The zero-order valence-electron chi connectivity index (χ0n) is 5.84. The number of carbonyl (C=O) groups excluding carboxylic acids is 2. The van der Waals surface area contributed by atoms with Gasteiger partial charge in [0, 0.05) is 5.41 Å². The van der Waals surface area contributed by atoms with E-state index in [0.717, 1.165) is 6.92 Å². The molecule has 0 fully saturated rings. The van der Waals surface area contributed by atoms with Gasteiger partial charge in [0.15, 0.2) is 0 Å². The van der Waals surface area contributed by atoms with E-state index in [9.17, 15) is 19.8 Å². The summed E-state index contributed by atoms with van der Waals surface area (Å²) in [6.07, 6.45) is -0.0301. The summed E-state index contributed by atoms with van der Waals surface area (Å²) in [6, 6.07) is 0. The van der Waals surface area contributed by atoms with Crippen molar-refractivity contribution in [2.45, 2.75) is 20.3 Å². The SMILES string of the molecule is CCC(C)(C(=O)[O-])C(=O)[O-]. The smallest absolute Gasteiger partial charge is 0.0529 e. The van der Waals surface area contributed by atoms with Gasteiger partial charge in [-0.15, -0.1) is 0 Å². The normalized spacial score (nSPS) is 11.0. The van der Waals surface area contributed by atoms with Crippen LogP contribution in [-0.2, 0) is 9.59 Å². The van der Waals surface area contributed by atoms with Crippen LogP contribution < -0.4 is 10.2 Å². The van der Waals surface area contributed by atoms with Crippen molar-refractivity contribution in [2.75, 3.05) is 0 Å². The molecule has 0 aliphatic carbocycles. The molecule has 0 saturated carbocycles. The lowest BCUT2D eigenvalue weighted by molar-refractivity contribution is -0.342. The number of hydrogen-bond acceptors (Lipinski definition) is 4. The molecule has 0 bridgehead atoms. The molecule has 0 aromatic rings. The van der Waals surface area contributed by atoms with Gasteiger partial charge in [-0.2, -0.15) is 0 Å². The van der Waals surface area contributed by atoms with Crippen LogP contribution in [0.15, 0.2) is 0 Å². The van der Waals surface area contributed by atoms with Crippen LogP contribution in [0.1, 0.15) is 20.3 Å². The predicted octanol–water partition coefficient (Wildman–Crippen LogP) is -2.10. The molecule has 0 heterocycles. The molecule has 0 aliphatic rings. The standard InChI is InChI=1S/C6H10O4/c1-3-6(2,4(7)8)5(9)10/h3H2,1-2H3,(H,7,8)(H,9,10)/p-2. The average Bonchev–Trinajstić information content (AvgIpc) is 1.85. The highest BCUT2D eigenvalue weighted by Gasteiger charge is 2.24. The molecule has 0 amide bonds. The summed E-state index contributed by atoms with van der Waals surface area (Å²) in [5.74, 6) is -3.20. The molecule has 0 rings (SSSR count). The van der Waals surface area contributed by atoms with Gasteiger partial charge in [-0.05, 0) is 13.3 Å². The highest BCUT2D eigenvalue weighted by Crippen LogP contribution is 2.18. The molecule has 0 atom stereocenters. The lowest BCUT2D eigenvalue weighted by Gasteiger charge is -2.29. The van der Waals surface area contributed by atoms with Crippen LogP contribution in [0.2, 0.25) is 0 Å². The van der Waals surface area contributed by atoms with E-state index >= 15 is 0 Å². The minimum atomic E-state index is -1.85. The van der Waals surface area contributed by atoms with Crippen LogP contribution in [0.25, 0.3) is 0 Å². The van der Waals surface area contributed by atoms with Crippen molar-refractivity contribution < 1.29 is 19.8 Å². The third-order valence-electron chi connectivity index (χ3n) is 1.61. The van der Waals surface area contributed by atoms with Gasteiger partial charge >= 0.3 is 0 Å². The van der Waals surface area contributed by atoms with E-state index in [-0.39, 0.29) is 6.42 Å². The first-order valence-corrected chi connectivity index (χ1v) is 2.88. The van der Waals surface area contributed by atoms with Crippen LogP contribution in [0.5, 0.6) is 0 Å². The lowest BCUT2D eigenvalue weighted by Crippen LogP contribution is -2.51. The summed E-state index contributed by atoms with van der Waals surface area (Å²) in [6.45, 7) is 2.52. The molecular formula is C6H8O4-2. The van der Waals surface area contributed by atoms with E-state index in [1.807, 2.05) is 0 Å². The van der Waals surface area contributed by atoms with E-state index in [4.69, 9.17) is 0 Å². The number of carboxylic acid groups (broad SMARTS) is 2. The molecule has 0 N–H and O–H groups in total. The largest absolute Gasteiger partial charge is 0.549 e. The maximum absolute atomic E-state index is 10.2. The van der Waals surface area contributed by atoms with E-state index in [1.54, 1.807) is 0 Å². The van der Waals surface area contributed by atoms with Crippen molar-refractivity contribution in [2.24, 2.45) is 5.41 Å². The second-order valence-electron chi connectivity index (χ2n) is 2.26. The van der Waals surface area contributed by atoms with Gasteiger partial charge in [0.05, 0.1) is 11.9 Å². The van der Waals surface area contributed by atoms with Crippen molar-refractivity contribution in [3.63, 3.8) is 0 Å². The molecule has 0 unspecified atom stereocenters. The minimum absolute atomic E-state index is 0.0301. The van der Waals surface area contributed by atoms with Gasteiger partial charge in [0.25, 0.3) is 0 Å². The summed E-state index contributed by atoms with van der Waals surface area (Å²) >= 11 is 0. The average molecular weight is 144 g/mol. The Labute approximate surface area is 58.5 Å². The van der Waals surface area contributed by atoms with Crippen LogP contribution in [0, 0.1) is 5.41 Å². The first kappa shape index (κ1) is 8.94. The fraction of sp³-hybridized carbons (Fsp3) is 0.667. The first-order valence-electron chi connectivity index (χ1n) is 2.88. The second kappa shape index (κ2) is 2.68. The Hall–Kier alpha value is -1.06. The third kappa shape index (κ3) is 1.26. The lowest BCUT2D eigenvalue weighted by atomic mass is 9.88. The molecule has 4 heteroatoms. The molecule has 10 heavy (non-hydrogen) atoms. The molecule has 4 nitrogen and oxygen atoms in total. The number of aliphatic carboxylic acids is 2. The zero-order chi connectivity index (χ0) is 8.36. The molecule has 58 valence electrons. The van der Waals surface area contributed by atoms with Gasteiger partial charge in [-0.1, -0.05) is 6.92 Å². The van der Waals surface area contributed by atoms with Crippen molar-refractivity contribution in [3.05, 3.63) is 0 Å². The van der Waals surface area contributed by atoms with Gasteiger partial charge < -0.3 is 19.8 Å². The van der Waals surface area contributed by atoms with Crippen molar-refractivity contribution in [1.29, 1.82) is 0 Å². The first-order chi connectivity index (χ1) is 4.45. The van der Waals surface area contributed by atoms with E-state index < -0.39 is 17.4 Å². The van der Waals surface area contributed by atoms with Gasteiger partial charge in [0.2, 0.25) is 0 Å². The van der Waals surface area contributed by atoms with Crippen molar-refractivity contribution in [1.82, 2.24) is 0 Å². The summed E-state index contributed by atoms with van der Waals surface area (Å²) in [4.78, 5) is 20.3. The Morgan fingerprint density at radius 1 is 1.30 bits per heavy atom. The Kier molecular flexibility index (Phi) is 2.40. The molecule has 0 radical (unpaired) electrons. The fourth-order valence-electron chi connectivity index (χ4n) is 0.372. The summed E-state index contributed by atoms with van der Waals surface area (Å²) in [5.41, 5.74) is -1.85. The Morgan fingerprint density at radius 2 is 1.60 bits per heavy atom. The van der Waals surface area contributed by atoms with Gasteiger partial charge in [0.1, 0.15) is 0 Å². The number of carbonyl (C=O) groups is 2. The summed E-state index contributed by atoms with van der Waals surface area (Å²) in [7, 11) is 0. The van der Waals surface area contributed by atoms with Crippen LogP contribution in [-0.4, -0.2) is 11.9 Å².